The van der Waals surface area contributed by atoms with E-state index in [-0.39, 0.29) is 0 Å². The van der Waals surface area contributed by atoms with E-state index in [1.54, 1.807) is 0 Å². The third kappa shape index (κ3) is 5.21. The Labute approximate surface area is 410 Å². The zero-order valence-corrected chi connectivity index (χ0v) is 38.6. The van der Waals surface area contributed by atoms with Gasteiger partial charge >= 0.3 is 0 Å². The van der Waals surface area contributed by atoms with Gasteiger partial charge in [0.1, 0.15) is 0 Å². The Morgan fingerprint density at radius 1 is 0.225 bits per heavy atom. The normalized spacial score (nSPS) is 13.2. The van der Waals surface area contributed by atoms with Crippen molar-refractivity contribution in [2.24, 2.45) is 0 Å². The van der Waals surface area contributed by atoms with Gasteiger partial charge in [-0.1, -0.05) is 194 Å². The fourth-order valence-corrected chi connectivity index (χ4v) is 13.1. The molecule has 0 bridgehead atoms. The van der Waals surface area contributed by atoms with Gasteiger partial charge in [0.2, 0.25) is 0 Å². The summed E-state index contributed by atoms with van der Waals surface area (Å²) < 4.78 is 4.91. The minimum Gasteiger partial charge on any atom is -0.309 e. The number of benzene rings is 12. The van der Waals surface area contributed by atoms with Crippen LogP contribution in [0, 0.1) is 0 Å². The van der Waals surface area contributed by atoms with E-state index in [1.165, 1.54) is 143 Å². The average molecular weight is 899 g/mol. The van der Waals surface area contributed by atoms with E-state index in [0.717, 1.165) is 0 Å². The maximum Gasteiger partial charge on any atom is 0.0725 e. The molecule has 0 N–H and O–H groups in total. The summed E-state index contributed by atoms with van der Waals surface area (Å²) in [6, 6.07) is 95.5. The molecular formula is C69H42N2. The maximum absolute atomic E-state index is 2.52. The van der Waals surface area contributed by atoms with Gasteiger partial charge < -0.3 is 9.13 Å². The first-order valence-corrected chi connectivity index (χ1v) is 24.7. The molecule has 0 unspecified atom stereocenters. The van der Waals surface area contributed by atoms with Gasteiger partial charge in [-0.25, -0.2) is 0 Å². The van der Waals surface area contributed by atoms with Crippen molar-refractivity contribution < 1.29 is 0 Å². The SMILES string of the molecule is c1ccc2c(c1)-c1ccccc1C21c2cc(-c3ccc4c(c3)c3ccccc3n4-c3cccc4ccccc34)ccc2-c2ccc(-c3ccc4c(c3)c3ccccc3n4-c3cccc4ccccc34)cc21. The number of nitrogens with zero attached hydrogens (tertiary/aromatic N) is 2. The molecule has 2 aromatic heterocycles. The van der Waals surface area contributed by atoms with E-state index >= 15 is 0 Å². The van der Waals surface area contributed by atoms with Crippen molar-refractivity contribution in [3.8, 4) is 55.9 Å². The quantitative estimate of drug-likeness (QED) is 0.167. The summed E-state index contributed by atoms with van der Waals surface area (Å²) in [7, 11) is 0. The Balaban J connectivity index is 0.891. The summed E-state index contributed by atoms with van der Waals surface area (Å²) in [4.78, 5) is 0. The summed E-state index contributed by atoms with van der Waals surface area (Å²) in [6.45, 7) is 0. The van der Waals surface area contributed by atoms with Gasteiger partial charge in [0.15, 0.2) is 0 Å². The van der Waals surface area contributed by atoms with Crippen LogP contribution in [0.4, 0.5) is 0 Å². The summed E-state index contributed by atoms with van der Waals surface area (Å²) >= 11 is 0. The van der Waals surface area contributed by atoms with Gasteiger partial charge in [0.05, 0.1) is 38.9 Å². The van der Waals surface area contributed by atoms with Crippen LogP contribution < -0.4 is 0 Å². The molecule has 2 nitrogen and oxygen atoms in total. The second-order valence-corrected chi connectivity index (χ2v) is 19.5. The summed E-state index contributed by atoms with van der Waals surface area (Å²) in [5, 5.41) is 9.99. The molecule has 2 aliphatic rings. The van der Waals surface area contributed by atoms with Crippen LogP contribution in [0.15, 0.2) is 255 Å². The Bertz CT molecular complexity index is 4290. The van der Waals surface area contributed by atoms with Crippen LogP contribution in [0.1, 0.15) is 22.3 Å². The van der Waals surface area contributed by atoms with Crippen molar-refractivity contribution in [3.05, 3.63) is 277 Å². The lowest BCUT2D eigenvalue weighted by Crippen LogP contribution is -2.26. The minimum atomic E-state index is -0.507. The molecule has 0 aliphatic heterocycles. The lowest BCUT2D eigenvalue weighted by molar-refractivity contribution is 0.794. The van der Waals surface area contributed by atoms with Gasteiger partial charge in [0.25, 0.3) is 0 Å². The van der Waals surface area contributed by atoms with Crippen LogP contribution in [0.5, 0.6) is 0 Å². The Kier molecular flexibility index (Phi) is 7.85. The van der Waals surface area contributed by atoms with Crippen molar-refractivity contribution in [1.82, 2.24) is 9.13 Å². The number of para-hydroxylation sites is 2. The van der Waals surface area contributed by atoms with Crippen LogP contribution in [0.3, 0.4) is 0 Å². The van der Waals surface area contributed by atoms with Crippen LogP contribution in [0.2, 0.25) is 0 Å². The lowest BCUT2D eigenvalue weighted by Gasteiger charge is -2.31. The number of rotatable bonds is 4. The zero-order valence-electron chi connectivity index (χ0n) is 38.6. The summed E-state index contributed by atoms with van der Waals surface area (Å²) in [5.74, 6) is 0. The highest BCUT2D eigenvalue weighted by molar-refractivity contribution is 6.13. The van der Waals surface area contributed by atoms with Crippen LogP contribution in [-0.2, 0) is 5.41 Å². The van der Waals surface area contributed by atoms with E-state index in [0.29, 0.717) is 0 Å². The van der Waals surface area contributed by atoms with Crippen molar-refractivity contribution >= 4 is 65.2 Å². The lowest BCUT2D eigenvalue weighted by atomic mass is 9.70. The third-order valence-corrected chi connectivity index (χ3v) is 16.1. The van der Waals surface area contributed by atoms with E-state index in [9.17, 15) is 0 Å². The monoisotopic (exact) mass is 898 g/mol. The fraction of sp³-hybridized carbons (Fsp3) is 0.0145. The molecule has 71 heavy (non-hydrogen) atoms. The number of aromatic nitrogens is 2. The molecule has 14 aromatic rings. The van der Waals surface area contributed by atoms with Gasteiger partial charge in [-0.2, -0.15) is 0 Å². The summed E-state index contributed by atoms with van der Waals surface area (Å²) in [5.41, 5.74) is 22.2. The van der Waals surface area contributed by atoms with E-state index in [2.05, 4.69) is 264 Å². The first-order chi connectivity index (χ1) is 35.2. The van der Waals surface area contributed by atoms with Crippen molar-refractivity contribution in [3.63, 3.8) is 0 Å². The van der Waals surface area contributed by atoms with Crippen LogP contribution in [0.25, 0.3) is 121 Å². The molecule has 16 rings (SSSR count). The molecule has 12 aromatic carbocycles. The first-order valence-electron chi connectivity index (χ1n) is 24.7. The molecule has 328 valence electrons. The van der Waals surface area contributed by atoms with Crippen molar-refractivity contribution in [1.29, 1.82) is 0 Å². The number of hydrogen-bond donors (Lipinski definition) is 0. The molecule has 0 saturated heterocycles. The van der Waals surface area contributed by atoms with E-state index in [4.69, 9.17) is 0 Å². The molecule has 2 aliphatic carbocycles. The molecule has 2 heteroatoms. The Morgan fingerprint density at radius 2 is 0.577 bits per heavy atom. The molecule has 0 amide bonds. The average Bonchev–Trinajstić information content (AvgIpc) is 4.14. The highest BCUT2D eigenvalue weighted by atomic mass is 15.0. The summed E-state index contributed by atoms with van der Waals surface area (Å²) in [6.07, 6.45) is 0. The Morgan fingerprint density at radius 3 is 1.07 bits per heavy atom. The smallest absolute Gasteiger partial charge is 0.0725 e. The van der Waals surface area contributed by atoms with E-state index < -0.39 is 5.41 Å². The van der Waals surface area contributed by atoms with Crippen LogP contribution >= 0.6 is 0 Å². The fourth-order valence-electron chi connectivity index (χ4n) is 13.1. The molecule has 2 heterocycles. The third-order valence-electron chi connectivity index (χ3n) is 16.1. The first kappa shape index (κ1) is 38.7. The standard InChI is InChI=1S/C69H42N2/c1-3-19-49-43(15-1)17-13-29-63(49)70-65-27-11-7-23-55(65)57-39-45(33-37-67(57)70)47-31-35-53-54-36-32-48(42-62(54)69(61(53)41-47)59-25-9-5-21-51(59)52-22-6-10-26-60(52)69)46-34-38-68-58(40-46)56-24-8-12-28-66(56)71(68)64-30-14-18-44-16-2-4-20-50(44)64/h1-42H. The molecule has 0 atom stereocenters. The molecule has 1 spiro atoms. The van der Waals surface area contributed by atoms with Gasteiger partial charge in [-0.3, -0.25) is 0 Å². The highest BCUT2D eigenvalue weighted by Gasteiger charge is 2.51. The van der Waals surface area contributed by atoms with Gasteiger partial charge in [-0.05, 0) is 138 Å². The molecule has 0 radical (unpaired) electrons. The largest absolute Gasteiger partial charge is 0.309 e. The second-order valence-electron chi connectivity index (χ2n) is 19.5. The van der Waals surface area contributed by atoms with Gasteiger partial charge in [-0.15, -0.1) is 0 Å². The highest BCUT2D eigenvalue weighted by Crippen LogP contribution is 2.63. The second kappa shape index (κ2) is 14.4. The topological polar surface area (TPSA) is 9.86 Å². The molecular weight excluding hydrogens is 857 g/mol. The van der Waals surface area contributed by atoms with Crippen molar-refractivity contribution in [2.45, 2.75) is 5.41 Å². The number of hydrogen-bond acceptors (Lipinski definition) is 0. The zero-order chi connectivity index (χ0) is 46.4. The van der Waals surface area contributed by atoms with E-state index in [1.807, 2.05) is 0 Å². The number of fused-ring (bicyclic) bond motifs is 18. The minimum absolute atomic E-state index is 0.507. The molecule has 0 saturated carbocycles. The Hall–Kier alpha value is -9.24. The predicted molar refractivity (Wildman–Crippen MR) is 297 cm³/mol. The maximum atomic E-state index is 2.52. The predicted octanol–water partition coefficient (Wildman–Crippen LogP) is 17.9. The van der Waals surface area contributed by atoms with Crippen LogP contribution in [-0.4, -0.2) is 9.13 Å². The molecule has 0 fully saturated rings. The van der Waals surface area contributed by atoms with Gasteiger partial charge in [0, 0.05) is 32.3 Å². The van der Waals surface area contributed by atoms with Crippen molar-refractivity contribution in [2.75, 3.05) is 0 Å².